The first-order valence-corrected chi connectivity index (χ1v) is 3.13. The molecular weight excluding hydrogens is 146 g/mol. The second-order valence-corrected chi connectivity index (χ2v) is 2.41. The van der Waals surface area contributed by atoms with Crippen molar-refractivity contribution < 1.29 is 4.79 Å². The first-order chi connectivity index (χ1) is 5.12. The summed E-state index contributed by atoms with van der Waals surface area (Å²) in [5.74, 6) is 0. The van der Waals surface area contributed by atoms with Gasteiger partial charge in [0.25, 0.3) is 0 Å². The summed E-state index contributed by atoms with van der Waals surface area (Å²) in [7, 11) is 0. The normalized spacial score (nSPS) is 18.6. The summed E-state index contributed by atoms with van der Waals surface area (Å²) in [5.41, 5.74) is 6.52. The summed E-state index contributed by atoms with van der Waals surface area (Å²) >= 11 is 0. The number of hydrazone groups is 1. The van der Waals surface area contributed by atoms with Gasteiger partial charge < -0.3 is 5.73 Å². The molecule has 0 aliphatic carbocycles. The minimum absolute atomic E-state index is 0.303. The van der Waals surface area contributed by atoms with Gasteiger partial charge in [-0.15, -0.1) is 0 Å². The molecule has 6 nitrogen and oxygen atoms in total. The van der Waals surface area contributed by atoms with E-state index in [1.807, 2.05) is 6.92 Å². The molecule has 0 aromatic rings. The minimum atomic E-state index is -0.670. The van der Waals surface area contributed by atoms with Crippen LogP contribution in [0.15, 0.2) is 15.3 Å². The predicted octanol–water partition coefficient (Wildman–Crippen LogP) is 0.213. The van der Waals surface area contributed by atoms with Crippen molar-refractivity contribution in [1.82, 2.24) is 5.43 Å². The van der Waals surface area contributed by atoms with Crippen LogP contribution in [0.4, 0.5) is 4.79 Å². The quantitative estimate of drug-likeness (QED) is 0.442. The zero-order chi connectivity index (χ0) is 8.32. The second kappa shape index (κ2) is 2.65. The molecule has 11 heavy (non-hydrogen) atoms. The van der Waals surface area contributed by atoms with Gasteiger partial charge in [0.15, 0.2) is 5.66 Å². The topological polar surface area (TPSA) is 92.2 Å². The summed E-state index contributed by atoms with van der Waals surface area (Å²) in [6.07, 6.45) is 2.11. The number of hydrogen-bond acceptors (Lipinski definition) is 4. The average molecular weight is 155 g/mol. The lowest BCUT2D eigenvalue weighted by molar-refractivity contribution is 0.249. The number of hydrogen-bond donors (Lipinski definition) is 2. The fourth-order valence-corrected chi connectivity index (χ4v) is 0.495. The molecule has 0 saturated carbocycles. The summed E-state index contributed by atoms with van der Waals surface area (Å²) in [5, 5.41) is 11.0. The molecular formula is C5H9N5O. The molecule has 1 aliphatic rings. The van der Waals surface area contributed by atoms with E-state index in [4.69, 9.17) is 5.73 Å². The van der Waals surface area contributed by atoms with Crippen LogP contribution in [-0.4, -0.2) is 17.9 Å². The number of carbonyl (C=O) groups excluding carboxylic acids is 1. The lowest BCUT2D eigenvalue weighted by Gasteiger charge is -1.95. The first kappa shape index (κ1) is 7.64. The highest BCUT2D eigenvalue weighted by Crippen LogP contribution is 2.29. The van der Waals surface area contributed by atoms with Gasteiger partial charge in [-0.1, -0.05) is 0 Å². The molecule has 0 saturated heterocycles. The summed E-state index contributed by atoms with van der Waals surface area (Å²) in [6.45, 7) is 1.86. The third-order valence-corrected chi connectivity index (χ3v) is 1.19. The van der Waals surface area contributed by atoms with E-state index in [0.29, 0.717) is 6.42 Å². The predicted molar refractivity (Wildman–Crippen MR) is 39.1 cm³/mol. The third kappa shape index (κ3) is 2.74. The largest absolute Gasteiger partial charge is 0.350 e. The van der Waals surface area contributed by atoms with Gasteiger partial charge in [0.2, 0.25) is 0 Å². The number of primary amides is 1. The van der Waals surface area contributed by atoms with E-state index in [1.165, 1.54) is 6.21 Å². The lowest BCUT2D eigenvalue weighted by Crippen LogP contribution is -2.24. The smallest absolute Gasteiger partial charge is 0.332 e. The van der Waals surface area contributed by atoms with Crippen molar-refractivity contribution in [2.24, 2.45) is 21.1 Å². The van der Waals surface area contributed by atoms with E-state index in [0.717, 1.165) is 0 Å². The van der Waals surface area contributed by atoms with Crippen LogP contribution in [0.3, 0.4) is 0 Å². The van der Waals surface area contributed by atoms with Crippen LogP contribution in [0.5, 0.6) is 0 Å². The monoisotopic (exact) mass is 155 g/mol. The fourth-order valence-electron chi connectivity index (χ4n) is 0.495. The number of carbonyl (C=O) groups is 1. The van der Waals surface area contributed by atoms with Crippen molar-refractivity contribution in [1.29, 1.82) is 0 Å². The van der Waals surface area contributed by atoms with E-state index in [2.05, 4.69) is 20.8 Å². The molecule has 0 aromatic carbocycles. The highest BCUT2D eigenvalue weighted by molar-refractivity contribution is 5.72. The molecule has 0 atom stereocenters. The lowest BCUT2D eigenvalue weighted by atomic mass is 10.2. The number of rotatable bonds is 3. The Hall–Kier alpha value is -1.46. The molecule has 0 aromatic heterocycles. The number of nitrogens with one attached hydrogen (secondary N) is 1. The molecule has 2 amide bonds. The van der Waals surface area contributed by atoms with E-state index in [-0.39, 0.29) is 5.66 Å². The van der Waals surface area contributed by atoms with Gasteiger partial charge >= 0.3 is 6.03 Å². The van der Waals surface area contributed by atoms with E-state index in [9.17, 15) is 4.79 Å². The number of nitrogens with zero attached hydrogens (tertiary/aromatic N) is 3. The summed E-state index contributed by atoms with van der Waals surface area (Å²) < 4.78 is 0. The van der Waals surface area contributed by atoms with Crippen molar-refractivity contribution in [3.8, 4) is 0 Å². The molecule has 0 unspecified atom stereocenters. The van der Waals surface area contributed by atoms with Gasteiger partial charge in [0.1, 0.15) is 0 Å². The van der Waals surface area contributed by atoms with Gasteiger partial charge in [-0.05, 0) is 6.92 Å². The zero-order valence-electron chi connectivity index (χ0n) is 6.11. The Bertz CT molecular complexity index is 215. The van der Waals surface area contributed by atoms with E-state index >= 15 is 0 Å². The van der Waals surface area contributed by atoms with Crippen LogP contribution in [0.1, 0.15) is 13.3 Å². The highest BCUT2D eigenvalue weighted by Gasteiger charge is 2.32. The van der Waals surface area contributed by atoms with Crippen molar-refractivity contribution in [3.05, 3.63) is 0 Å². The van der Waals surface area contributed by atoms with Crippen molar-refractivity contribution in [3.63, 3.8) is 0 Å². The van der Waals surface area contributed by atoms with Crippen molar-refractivity contribution >= 4 is 12.2 Å². The van der Waals surface area contributed by atoms with Crippen LogP contribution in [0.2, 0.25) is 0 Å². The molecule has 6 heteroatoms. The molecule has 1 heterocycles. The average Bonchev–Trinajstić information content (AvgIpc) is 2.62. The molecule has 0 radical (unpaired) electrons. The number of nitrogens with two attached hydrogens (primary N) is 1. The van der Waals surface area contributed by atoms with Crippen molar-refractivity contribution in [2.75, 3.05) is 0 Å². The fraction of sp³-hybridized carbons (Fsp3) is 0.600. The Morgan fingerprint density at radius 3 is 2.91 bits per heavy atom. The first-order valence-electron chi connectivity index (χ1n) is 3.13. The number of amides is 2. The summed E-state index contributed by atoms with van der Waals surface area (Å²) in [6, 6.07) is -0.670. The maximum absolute atomic E-state index is 10.1. The Morgan fingerprint density at radius 2 is 2.45 bits per heavy atom. The molecule has 1 rings (SSSR count). The minimum Gasteiger partial charge on any atom is -0.350 e. The molecule has 60 valence electrons. The van der Waals surface area contributed by atoms with Crippen LogP contribution in [-0.2, 0) is 0 Å². The summed E-state index contributed by atoms with van der Waals surface area (Å²) in [4.78, 5) is 10.1. The highest BCUT2D eigenvalue weighted by atomic mass is 16.2. The SMILES string of the molecule is CC1(CC=NNC(N)=O)N=N1. The molecule has 0 fully saturated rings. The maximum Gasteiger partial charge on any atom is 0.332 e. The van der Waals surface area contributed by atoms with Gasteiger partial charge in [0, 0.05) is 12.6 Å². The Balaban J connectivity index is 2.11. The van der Waals surface area contributed by atoms with Crippen LogP contribution < -0.4 is 11.2 Å². The molecule has 0 spiro atoms. The van der Waals surface area contributed by atoms with Crippen molar-refractivity contribution in [2.45, 2.75) is 19.0 Å². The molecule has 3 N–H and O–H groups in total. The van der Waals surface area contributed by atoms with Crippen LogP contribution in [0, 0.1) is 0 Å². The molecule has 0 bridgehead atoms. The standard InChI is InChI=1S/C5H9N5O/c1-5(9-10-5)2-3-7-8-4(6)11/h3H,2H2,1H3,(H3,6,8,11). The zero-order valence-corrected chi connectivity index (χ0v) is 6.11. The maximum atomic E-state index is 10.1. The van der Waals surface area contributed by atoms with Gasteiger partial charge in [-0.25, -0.2) is 10.2 Å². The number of urea groups is 1. The van der Waals surface area contributed by atoms with Crippen LogP contribution in [0.25, 0.3) is 0 Å². The second-order valence-electron chi connectivity index (χ2n) is 2.41. The Kier molecular flexibility index (Phi) is 1.84. The third-order valence-electron chi connectivity index (χ3n) is 1.19. The van der Waals surface area contributed by atoms with Crippen LogP contribution >= 0.6 is 0 Å². The Morgan fingerprint density at radius 1 is 1.82 bits per heavy atom. The molecule has 1 aliphatic heterocycles. The van der Waals surface area contributed by atoms with Gasteiger partial charge in [0.05, 0.1) is 0 Å². The van der Waals surface area contributed by atoms with Gasteiger partial charge in [-0.3, -0.25) is 0 Å². The van der Waals surface area contributed by atoms with E-state index in [1.54, 1.807) is 0 Å². The van der Waals surface area contributed by atoms with E-state index < -0.39 is 6.03 Å². The van der Waals surface area contributed by atoms with Gasteiger partial charge in [-0.2, -0.15) is 15.3 Å². The Labute approximate surface area is 63.6 Å².